The maximum atomic E-state index is 13.5. The first-order chi connectivity index (χ1) is 11.6. The van der Waals surface area contributed by atoms with Crippen molar-refractivity contribution >= 4 is 28.5 Å². The lowest BCUT2D eigenvalue weighted by molar-refractivity contribution is 0.262. The first kappa shape index (κ1) is 15.5. The minimum Gasteiger partial charge on any atom is -0.408 e. The van der Waals surface area contributed by atoms with Crippen LogP contribution in [0.3, 0.4) is 0 Å². The minimum absolute atomic E-state index is 0.0692. The predicted octanol–water partition coefficient (Wildman–Crippen LogP) is 3.56. The average Bonchev–Trinajstić information content (AvgIpc) is 2.85. The molecule has 0 saturated carbocycles. The predicted molar refractivity (Wildman–Crippen MR) is 89.7 cm³/mol. The van der Waals surface area contributed by atoms with E-state index in [2.05, 4.69) is 17.2 Å². The number of rotatable bonds is 4. The Morgan fingerprint density at radius 3 is 2.79 bits per heavy atom. The molecule has 7 heteroatoms. The van der Waals surface area contributed by atoms with Crippen LogP contribution in [0.2, 0.25) is 0 Å². The minimum atomic E-state index is -0.604. The van der Waals surface area contributed by atoms with Gasteiger partial charge in [-0.3, -0.25) is 4.57 Å². The molecule has 1 heterocycles. The number of anilines is 2. The van der Waals surface area contributed by atoms with E-state index in [0.717, 1.165) is 0 Å². The van der Waals surface area contributed by atoms with Gasteiger partial charge < -0.3 is 15.1 Å². The third kappa shape index (κ3) is 3.05. The van der Waals surface area contributed by atoms with Crippen LogP contribution < -0.4 is 16.4 Å². The van der Waals surface area contributed by atoms with E-state index in [4.69, 9.17) is 4.42 Å². The second-order valence-corrected chi connectivity index (χ2v) is 5.01. The molecule has 1 aromatic heterocycles. The SMILES string of the molecule is C=CCn1c(=O)oc2cc(NC(=O)Nc3ccccc3F)ccc21. The number of oxazole rings is 1. The molecule has 0 spiro atoms. The number of carbonyl (C=O) groups is 1. The molecule has 0 bridgehead atoms. The summed E-state index contributed by atoms with van der Waals surface area (Å²) in [6.45, 7) is 3.92. The van der Waals surface area contributed by atoms with Gasteiger partial charge in [-0.2, -0.15) is 0 Å². The first-order valence-electron chi connectivity index (χ1n) is 7.15. The highest BCUT2D eigenvalue weighted by Gasteiger charge is 2.11. The third-order valence-corrected chi connectivity index (χ3v) is 3.36. The number of nitrogens with zero attached hydrogens (tertiary/aromatic N) is 1. The summed E-state index contributed by atoms with van der Waals surface area (Å²) in [5, 5.41) is 4.97. The van der Waals surface area contributed by atoms with Crippen LogP contribution in [0.5, 0.6) is 0 Å². The molecule has 2 N–H and O–H groups in total. The van der Waals surface area contributed by atoms with Gasteiger partial charge in [-0.15, -0.1) is 6.58 Å². The Balaban J connectivity index is 1.80. The van der Waals surface area contributed by atoms with Crippen LogP contribution in [0.15, 0.2) is 64.3 Å². The number of hydrogen-bond donors (Lipinski definition) is 2. The van der Waals surface area contributed by atoms with Gasteiger partial charge in [0.05, 0.1) is 11.2 Å². The Labute approximate surface area is 136 Å². The topological polar surface area (TPSA) is 76.3 Å². The summed E-state index contributed by atoms with van der Waals surface area (Å²) < 4.78 is 20.1. The van der Waals surface area contributed by atoms with Crippen LogP contribution in [0.25, 0.3) is 11.1 Å². The van der Waals surface area contributed by atoms with Gasteiger partial charge in [-0.25, -0.2) is 14.0 Å². The molecule has 0 aliphatic carbocycles. The molecule has 6 nitrogen and oxygen atoms in total. The second-order valence-electron chi connectivity index (χ2n) is 5.01. The maximum Gasteiger partial charge on any atom is 0.420 e. The number of benzene rings is 2. The molecular weight excluding hydrogens is 313 g/mol. The molecule has 0 saturated heterocycles. The molecule has 0 unspecified atom stereocenters. The van der Waals surface area contributed by atoms with Crippen molar-refractivity contribution in [3.05, 3.63) is 71.5 Å². The molecule has 0 fully saturated rings. The fourth-order valence-corrected chi connectivity index (χ4v) is 2.29. The van der Waals surface area contributed by atoms with Gasteiger partial charge in [0.25, 0.3) is 0 Å². The summed E-state index contributed by atoms with van der Waals surface area (Å²) in [6, 6.07) is 10.0. The number of carbonyl (C=O) groups excluding carboxylic acids is 1. The van der Waals surface area contributed by atoms with E-state index in [1.54, 1.807) is 24.3 Å². The lowest BCUT2D eigenvalue weighted by Gasteiger charge is -2.08. The largest absolute Gasteiger partial charge is 0.420 e. The second kappa shape index (κ2) is 6.41. The molecule has 3 aromatic rings. The van der Waals surface area contributed by atoms with Crippen LogP contribution in [-0.4, -0.2) is 10.6 Å². The Bertz CT molecular complexity index is 975. The summed E-state index contributed by atoms with van der Waals surface area (Å²) >= 11 is 0. The third-order valence-electron chi connectivity index (χ3n) is 3.36. The molecule has 122 valence electrons. The highest BCUT2D eigenvalue weighted by molar-refractivity contribution is 6.00. The van der Waals surface area contributed by atoms with Crippen LogP contribution in [0, 0.1) is 5.82 Å². The molecule has 0 radical (unpaired) electrons. The Morgan fingerprint density at radius 1 is 1.25 bits per heavy atom. The summed E-state index contributed by atoms with van der Waals surface area (Å²) in [4.78, 5) is 23.7. The van der Waals surface area contributed by atoms with Gasteiger partial charge in [-0.05, 0) is 24.3 Å². The molecule has 0 aliphatic heterocycles. The lowest BCUT2D eigenvalue weighted by atomic mass is 10.3. The molecule has 2 amide bonds. The molecule has 3 rings (SSSR count). The molecule has 0 aliphatic rings. The maximum absolute atomic E-state index is 13.5. The van der Waals surface area contributed by atoms with Crippen LogP contribution >= 0.6 is 0 Å². The normalized spacial score (nSPS) is 10.5. The first-order valence-corrected chi connectivity index (χ1v) is 7.15. The fourth-order valence-electron chi connectivity index (χ4n) is 2.29. The average molecular weight is 327 g/mol. The standard InChI is InChI=1S/C17H14FN3O3/c1-2-9-21-14-8-7-11(10-15(14)24-17(21)23)19-16(22)20-13-6-4-3-5-12(13)18/h2-8,10H,1,9H2,(H2,19,20,22). The number of halogens is 1. The van der Waals surface area contributed by atoms with E-state index < -0.39 is 17.6 Å². The zero-order chi connectivity index (χ0) is 17.1. The number of urea groups is 1. The van der Waals surface area contributed by atoms with Crippen molar-refractivity contribution in [2.45, 2.75) is 6.54 Å². The van der Waals surface area contributed by atoms with E-state index in [1.807, 2.05) is 0 Å². The van der Waals surface area contributed by atoms with E-state index in [9.17, 15) is 14.0 Å². The smallest absolute Gasteiger partial charge is 0.408 e. The lowest BCUT2D eigenvalue weighted by Crippen LogP contribution is -2.20. The quantitative estimate of drug-likeness (QED) is 0.719. The van der Waals surface area contributed by atoms with Gasteiger partial charge in [0.2, 0.25) is 0 Å². The van der Waals surface area contributed by atoms with Crippen LogP contribution in [-0.2, 0) is 6.54 Å². The van der Waals surface area contributed by atoms with Crippen LogP contribution in [0.4, 0.5) is 20.6 Å². The van der Waals surface area contributed by atoms with E-state index in [1.165, 1.54) is 28.8 Å². The number of nitrogens with one attached hydrogen (secondary N) is 2. The number of aromatic nitrogens is 1. The van der Waals surface area contributed by atoms with Crippen molar-refractivity contribution in [3.63, 3.8) is 0 Å². The zero-order valence-electron chi connectivity index (χ0n) is 12.6. The summed E-state index contributed by atoms with van der Waals surface area (Å²) in [5.74, 6) is -1.03. The molecule has 0 atom stereocenters. The number of fused-ring (bicyclic) bond motifs is 1. The van der Waals surface area contributed by atoms with E-state index >= 15 is 0 Å². The van der Waals surface area contributed by atoms with Crippen molar-refractivity contribution in [1.29, 1.82) is 0 Å². The van der Waals surface area contributed by atoms with Crippen molar-refractivity contribution in [1.82, 2.24) is 4.57 Å². The number of para-hydroxylation sites is 1. The Kier molecular flexibility index (Phi) is 4.15. The zero-order valence-corrected chi connectivity index (χ0v) is 12.6. The van der Waals surface area contributed by atoms with Gasteiger partial charge >= 0.3 is 11.8 Å². The van der Waals surface area contributed by atoms with Crippen molar-refractivity contribution in [2.24, 2.45) is 0 Å². The highest BCUT2D eigenvalue weighted by atomic mass is 19.1. The van der Waals surface area contributed by atoms with E-state index in [0.29, 0.717) is 23.3 Å². The van der Waals surface area contributed by atoms with Gasteiger partial charge in [-0.1, -0.05) is 18.2 Å². The summed E-state index contributed by atoms with van der Waals surface area (Å²) in [7, 11) is 0. The summed E-state index contributed by atoms with van der Waals surface area (Å²) in [6.07, 6.45) is 1.59. The summed E-state index contributed by atoms with van der Waals surface area (Å²) in [5.41, 5.74) is 1.42. The van der Waals surface area contributed by atoms with Crippen molar-refractivity contribution in [2.75, 3.05) is 10.6 Å². The van der Waals surface area contributed by atoms with Gasteiger partial charge in [0.15, 0.2) is 5.58 Å². The fraction of sp³-hybridized carbons (Fsp3) is 0.0588. The van der Waals surface area contributed by atoms with Gasteiger partial charge in [0, 0.05) is 18.3 Å². The van der Waals surface area contributed by atoms with Crippen LogP contribution in [0.1, 0.15) is 0 Å². The number of amides is 2. The van der Waals surface area contributed by atoms with Crippen molar-refractivity contribution in [3.8, 4) is 0 Å². The van der Waals surface area contributed by atoms with Gasteiger partial charge in [0.1, 0.15) is 5.82 Å². The monoisotopic (exact) mass is 327 g/mol. The van der Waals surface area contributed by atoms with Crippen molar-refractivity contribution < 1.29 is 13.6 Å². The number of allylic oxidation sites excluding steroid dienone is 1. The highest BCUT2D eigenvalue weighted by Crippen LogP contribution is 2.19. The Hall–Kier alpha value is -3.35. The molecular formula is C17H14FN3O3. The molecule has 2 aromatic carbocycles. The number of hydrogen-bond acceptors (Lipinski definition) is 3. The van der Waals surface area contributed by atoms with E-state index in [-0.39, 0.29) is 5.69 Å². The molecule has 24 heavy (non-hydrogen) atoms. The Morgan fingerprint density at radius 2 is 2.04 bits per heavy atom.